The molecule has 0 aromatic rings. The molecule has 2 N–H and O–H groups in total. The van der Waals surface area contributed by atoms with Crippen LogP contribution in [0.1, 0.15) is 32.1 Å². The smallest absolute Gasteiger partial charge is 0.249 e. The number of carbonyl (C=O) groups is 4. The highest BCUT2D eigenvalue weighted by atomic mass is 16.2. The zero-order valence-electron chi connectivity index (χ0n) is 11.1. The Balaban J connectivity index is 1.55. The lowest BCUT2D eigenvalue weighted by atomic mass is 10.0. The van der Waals surface area contributed by atoms with Crippen molar-refractivity contribution in [3.63, 3.8) is 0 Å². The number of rotatable bonds is 3. The van der Waals surface area contributed by atoms with Crippen LogP contribution >= 0.6 is 0 Å². The Morgan fingerprint density at radius 1 is 1.20 bits per heavy atom. The van der Waals surface area contributed by atoms with Crippen LogP contribution in [0.25, 0.3) is 0 Å². The molecule has 3 aliphatic rings. The predicted molar refractivity (Wildman–Crippen MR) is 67.2 cm³/mol. The van der Waals surface area contributed by atoms with Gasteiger partial charge in [0.15, 0.2) is 0 Å². The first-order valence-electron chi connectivity index (χ1n) is 6.98. The van der Waals surface area contributed by atoms with Crippen molar-refractivity contribution in [2.24, 2.45) is 5.92 Å². The lowest BCUT2D eigenvalue weighted by Gasteiger charge is -2.23. The summed E-state index contributed by atoms with van der Waals surface area (Å²) in [5.41, 5.74) is 0. The number of hydrogen-bond acceptors (Lipinski definition) is 4. The summed E-state index contributed by atoms with van der Waals surface area (Å²) < 4.78 is 0. The molecule has 0 radical (unpaired) electrons. The van der Waals surface area contributed by atoms with Crippen LogP contribution in [0, 0.1) is 5.92 Å². The Morgan fingerprint density at radius 3 is 2.60 bits per heavy atom. The van der Waals surface area contributed by atoms with E-state index in [1.54, 1.807) is 4.90 Å². The second-order valence-corrected chi connectivity index (χ2v) is 5.69. The highest BCUT2D eigenvalue weighted by Crippen LogP contribution is 2.32. The van der Waals surface area contributed by atoms with Crippen molar-refractivity contribution in [3.05, 3.63) is 0 Å². The lowest BCUT2D eigenvalue weighted by molar-refractivity contribution is -0.138. The number of hydrogen-bond donors (Lipinski definition) is 2. The summed E-state index contributed by atoms with van der Waals surface area (Å²) in [6.45, 7) is 0.447. The van der Waals surface area contributed by atoms with Crippen LogP contribution in [0.15, 0.2) is 0 Å². The molecule has 0 spiro atoms. The maximum atomic E-state index is 12.1. The summed E-state index contributed by atoms with van der Waals surface area (Å²) in [4.78, 5) is 48.3. The monoisotopic (exact) mass is 279 g/mol. The summed E-state index contributed by atoms with van der Waals surface area (Å²) in [6.07, 6.45) is 2.81. The van der Waals surface area contributed by atoms with Crippen molar-refractivity contribution in [1.82, 2.24) is 15.5 Å². The highest BCUT2D eigenvalue weighted by Gasteiger charge is 2.42. The van der Waals surface area contributed by atoms with Gasteiger partial charge in [0.2, 0.25) is 23.6 Å². The first-order valence-corrected chi connectivity index (χ1v) is 6.98. The van der Waals surface area contributed by atoms with Crippen molar-refractivity contribution in [2.75, 3.05) is 6.54 Å². The molecular formula is C13H17N3O4. The van der Waals surface area contributed by atoms with Gasteiger partial charge in [0, 0.05) is 25.4 Å². The fourth-order valence-electron chi connectivity index (χ4n) is 2.77. The van der Waals surface area contributed by atoms with Gasteiger partial charge in [0.05, 0.1) is 5.92 Å². The predicted octanol–water partition coefficient (Wildman–Crippen LogP) is -1.08. The van der Waals surface area contributed by atoms with Crippen LogP contribution in [0.2, 0.25) is 0 Å². The van der Waals surface area contributed by atoms with Crippen LogP contribution < -0.4 is 10.6 Å². The first kappa shape index (κ1) is 13.1. The van der Waals surface area contributed by atoms with E-state index < -0.39 is 11.9 Å². The fraction of sp³-hybridized carbons (Fsp3) is 0.692. The number of likely N-dealkylation sites (tertiary alicyclic amines) is 1. The standard InChI is InChI=1S/C13H17N3O4/c17-10-4-3-9(13(20)15-10)14-12(19)7-5-11(18)16(6-7)8-1-2-8/h7-9H,1-6H2,(H,14,19)(H,15,17,20). The third-order valence-electron chi connectivity index (χ3n) is 4.07. The molecule has 2 heterocycles. The zero-order chi connectivity index (χ0) is 14.3. The summed E-state index contributed by atoms with van der Waals surface area (Å²) >= 11 is 0. The summed E-state index contributed by atoms with van der Waals surface area (Å²) in [5.74, 6) is -1.39. The van der Waals surface area contributed by atoms with Crippen LogP contribution in [0.5, 0.6) is 0 Å². The molecule has 0 aromatic heterocycles. The topological polar surface area (TPSA) is 95.6 Å². The van der Waals surface area contributed by atoms with E-state index in [1.165, 1.54) is 0 Å². The minimum atomic E-state index is -0.662. The normalized spacial score (nSPS) is 30.4. The lowest BCUT2D eigenvalue weighted by Crippen LogP contribution is -2.53. The molecule has 0 aromatic carbocycles. The molecule has 3 rings (SSSR count). The quantitative estimate of drug-likeness (QED) is 0.642. The van der Waals surface area contributed by atoms with Crippen LogP contribution in [-0.4, -0.2) is 47.2 Å². The number of nitrogens with one attached hydrogen (secondary N) is 2. The molecule has 2 saturated heterocycles. The average Bonchev–Trinajstić information content (AvgIpc) is 3.16. The van der Waals surface area contributed by atoms with Crippen molar-refractivity contribution in [3.8, 4) is 0 Å². The third-order valence-corrected chi connectivity index (χ3v) is 4.07. The maximum absolute atomic E-state index is 12.1. The van der Waals surface area contributed by atoms with E-state index in [0.29, 0.717) is 19.0 Å². The molecule has 7 nitrogen and oxygen atoms in total. The van der Waals surface area contributed by atoms with Crippen molar-refractivity contribution in [2.45, 2.75) is 44.2 Å². The van der Waals surface area contributed by atoms with Gasteiger partial charge < -0.3 is 10.2 Å². The van der Waals surface area contributed by atoms with Gasteiger partial charge in [-0.3, -0.25) is 24.5 Å². The van der Waals surface area contributed by atoms with Gasteiger partial charge in [-0.05, 0) is 19.3 Å². The molecule has 4 amide bonds. The van der Waals surface area contributed by atoms with E-state index in [0.717, 1.165) is 12.8 Å². The zero-order valence-corrected chi connectivity index (χ0v) is 11.1. The maximum Gasteiger partial charge on any atom is 0.249 e. The molecule has 108 valence electrons. The van der Waals surface area contributed by atoms with E-state index in [-0.39, 0.29) is 36.5 Å². The van der Waals surface area contributed by atoms with Gasteiger partial charge in [-0.2, -0.15) is 0 Å². The molecule has 2 atom stereocenters. The van der Waals surface area contributed by atoms with Crippen molar-refractivity contribution < 1.29 is 19.2 Å². The van der Waals surface area contributed by atoms with E-state index in [2.05, 4.69) is 10.6 Å². The summed E-state index contributed by atoms with van der Waals surface area (Å²) in [6, 6.07) is -0.346. The minimum Gasteiger partial charge on any atom is -0.344 e. The average molecular weight is 279 g/mol. The Labute approximate surface area is 116 Å². The second-order valence-electron chi connectivity index (χ2n) is 5.69. The summed E-state index contributed by atoms with van der Waals surface area (Å²) in [5, 5.41) is 4.85. The van der Waals surface area contributed by atoms with Crippen molar-refractivity contribution in [1.29, 1.82) is 0 Å². The van der Waals surface area contributed by atoms with Crippen molar-refractivity contribution >= 4 is 23.6 Å². The molecule has 2 aliphatic heterocycles. The largest absolute Gasteiger partial charge is 0.344 e. The van der Waals surface area contributed by atoms with E-state index in [9.17, 15) is 19.2 Å². The molecule has 7 heteroatoms. The molecule has 20 heavy (non-hydrogen) atoms. The van der Waals surface area contributed by atoms with Gasteiger partial charge in [0.25, 0.3) is 0 Å². The molecule has 1 saturated carbocycles. The van der Waals surface area contributed by atoms with E-state index >= 15 is 0 Å². The van der Waals surface area contributed by atoms with Gasteiger partial charge in [-0.25, -0.2) is 0 Å². The van der Waals surface area contributed by atoms with Crippen LogP contribution in [0.3, 0.4) is 0 Å². The second kappa shape index (κ2) is 4.88. The van der Waals surface area contributed by atoms with Gasteiger partial charge >= 0.3 is 0 Å². The number of imide groups is 1. The van der Waals surface area contributed by atoms with E-state index in [1.807, 2.05) is 0 Å². The van der Waals surface area contributed by atoms with Gasteiger partial charge in [0.1, 0.15) is 6.04 Å². The fourth-order valence-corrected chi connectivity index (χ4v) is 2.77. The first-order chi connectivity index (χ1) is 9.54. The van der Waals surface area contributed by atoms with Gasteiger partial charge in [-0.1, -0.05) is 0 Å². The number of amides is 4. The molecule has 0 bridgehead atoms. The third kappa shape index (κ3) is 2.52. The van der Waals surface area contributed by atoms with Gasteiger partial charge in [-0.15, -0.1) is 0 Å². The Morgan fingerprint density at radius 2 is 1.95 bits per heavy atom. The number of piperidine rings is 1. The van der Waals surface area contributed by atoms with Crippen LogP contribution in [-0.2, 0) is 19.2 Å². The minimum absolute atomic E-state index is 0.0240. The Bertz CT molecular complexity index is 486. The number of carbonyl (C=O) groups excluding carboxylic acids is 4. The molecule has 1 aliphatic carbocycles. The summed E-state index contributed by atoms with van der Waals surface area (Å²) in [7, 11) is 0. The molecule has 3 fully saturated rings. The molecule has 2 unspecified atom stereocenters. The Kier molecular flexibility index (Phi) is 3.19. The molecular weight excluding hydrogens is 262 g/mol. The Hall–Kier alpha value is -1.92. The van der Waals surface area contributed by atoms with Crippen LogP contribution in [0.4, 0.5) is 0 Å². The van der Waals surface area contributed by atoms with E-state index in [4.69, 9.17) is 0 Å². The highest BCUT2D eigenvalue weighted by molar-refractivity contribution is 6.02. The SMILES string of the molecule is O=C1CCC(NC(=O)C2CC(=O)N(C3CC3)C2)C(=O)N1. The number of nitrogens with zero attached hydrogens (tertiary/aromatic N) is 1.